The zero-order chi connectivity index (χ0) is 15.7. The molecule has 21 heavy (non-hydrogen) atoms. The second kappa shape index (κ2) is 5.64. The lowest BCUT2D eigenvalue weighted by Crippen LogP contribution is -2.42. The van der Waals surface area contributed by atoms with Crippen molar-refractivity contribution < 1.29 is 13.5 Å². The van der Waals surface area contributed by atoms with Crippen molar-refractivity contribution in [2.75, 3.05) is 19.3 Å². The van der Waals surface area contributed by atoms with Crippen molar-refractivity contribution >= 4 is 15.7 Å². The summed E-state index contributed by atoms with van der Waals surface area (Å²) in [7, 11) is -2.41. The minimum absolute atomic E-state index is 0.0141. The fourth-order valence-electron chi connectivity index (χ4n) is 2.72. The summed E-state index contributed by atoms with van der Waals surface area (Å²) in [6, 6.07) is 5.97. The van der Waals surface area contributed by atoms with Crippen LogP contribution in [0.4, 0.5) is 5.69 Å². The Hall–Kier alpha value is -1.62. The number of sulfonamides is 1. The molecule has 1 aliphatic carbocycles. The molecule has 1 fully saturated rings. The zero-order valence-electron chi connectivity index (χ0n) is 11.9. The van der Waals surface area contributed by atoms with Crippen molar-refractivity contribution in [1.29, 1.82) is 5.26 Å². The summed E-state index contributed by atoms with van der Waals surface area (Å²) in [5.41, 5.74) is 4.96. The third-order valence-corrected chi connectivity index (χ3v) is 5.73. The summed E-state index contributed by atoms with van der Waals surface area (Å²) >= 11 is 0. The molecule has 1 aromatic rings. The summed E-state index contributed by atoms with van der Waals surface area (Å²) in [5, 5.41) is 19.4. The average molecular weight is 309 g/mol. The highest BCUT2D eigenvalue weighted by atomic mass is 32.2. The van der Waals surface area contributed by atoms with Gasteiger partial charge in [0.05, 0.1) is 11.2 Å². The summed E-state index contributed by atoms with van der Waals surface area (Å²) in [4.78, 5) is -0.0803. The predicted octanol–water partition coefficient (Wildman–Crippen LogP) is 1.07. The third kappa shape index (κ3) is 3.18. The van der Waals surface area contributed by atoms with Gasteiger partial charge < -0.3 is 10.8 Å². The van der Waals surface area contributed by atoms with Crippen molar-refractivity contribution in [2.45, 2.75) is 36.2 Å². The number of rotatable bonds is 4. The highest BCUT2D eigenvalue weighted by Crippen LogP contribution is 2.31. The smallest absolute Gasteiger partial charge is 0.244 e. The van der Waals surface area contributed by atoms with Gasteiger partial charge in [0.1, 0.15) is 11.0 Å². The summed E-state index contributed by atoms with van der Waals surface area (Å²) in [6.45, 7) is 0.0323. The molecule has 1 saturated carbocycles. The van der Waals surface area contributed by atoms with E-state index in [-0.39, 0.29) is 17.0 Å². The molecule has 0 spiro atoms. The van der Waals surface area contributed by atoms with E-state index in [2.05, 4.69) is 0 Å². The van der Waals surface area contributed by atoms with E-state index in [1.807, 2.05) is 6.07 Å². The van der Waals surface area contributed by atoms with Crippen LogP contribution >= 0.6 is 0 Å². The molecule has 0 bridgehead atoms. The van der Waals surface area contributed by atoms with Crippen molar-refractivity contribution in [1.82, 2.24) is 4.31 Å². The molecular weight excluding hydrogens is 290 g/mol. The van der Waals surface area contributed by atoms with E-state index < -0.39 is 15.6 Å². The lowest BCUT2D eigenvalue weighted by atomic mass is 10.0. The lowest BCUT2D eigenvalue weighted by Gasteiger charge is -2.28. The van der Waals surface area contributed by atoms with Gasteiger partial charge in [0, 0.05) is 19.3 Å². The van der Waals surface area contributed by atoms with Crippen LogP contribution in [0.1, 0.15) is 31.2 Å². The first-order chi connectivity index (χ1) is 9.78. The molecule has 0 radical (unpaired) electrons. The predicted molar refractivity (Wildman–Crippen MR) is 78.8 cm³/mol. The Morgan fingerprint density at radius 1 is 1.43 bits per heavy atom. The van der Waals surface area contributed by atoms with Gasteiger partial charge in [0.15, 0.2) is 0 Å². The number of aliphatic hydroxyl groups is 1. The van der Waals surface area contributed by atoms with E-state index in [0.29, 0.717) is 18.5 Å². The maximum Gasteiger partial charge on any atom is 0.244 e. The van der Waals surface area contributed by atoms with Gasteiger partial charge >= 0.3 is 0 Å². The molecule has 1 aliphatic rings. The zero-order valence-corrected chi connectivity index (χ0v) is 12.7. The molecule has 0 aliphatic heterocycles. The quantitative estimate of drug-likeness (QED) is 0.809. The number of likely N-dealkylation sites (N-methyl/N-ethyl adjacent to an activating group) is 1. The second-order valence-corrected chi connectivity index (χ2v) is 7.57. The van der Waals surface area contributed by atoms with Crippen LogP contribution in [0.3, 0.4) is 0 Å². The van der Waals surface area contributed by atoms with Crippen LogP contribution in [0, 0.1) is 11.3 Å². The first-order valence-corrected chi connectivity index (χ1v) is 8.21. The van der Waals surface area contributed by atoms with E-state index in [0.717, 1.165) is 17.1 Å². The molecule has 2 rings (SSSR count). The van der Waals surface area contributed by atoms with Gasteiger partial charge in [-0.25, -0.2) is 8.42 Å². The van der Waals surface area contributed by atoms with E-state index in [9.17, 15) is 13.5 Å². The monoisotopic (exact) mass is 309 g/mol. The van der Waals surface area contributed by atoms with E-state index in [1.165, 1.54) is 25.2 Å². The third-order valence-electron chi connectivity index (χ3n) is 3.86. The molecule has 0 saturated heterocycles. The Bertz CT molecular complexity index is 673. The average Bonchev–Trinajstić information content (AvgIpc) is 2.84. The molecule has 3 N–H and O–H groups in total. The SMILES string of the molecule is CN(CC1(O)CCCC1)S(=O)(=O)c1ccc(N)cc1C#N. The first-order valence-electron chi connectivity index (χ1n) is 6.77. The fourth-order valence-corrected chi connectivity index (χ4v) is 4.09. The largest absolute Gasteiger partial charge is 0.399 e. The van der Waals surface area contributed by atoms with E-state index in [4.69, 9.17) is 11.0 Å². The van der Waals surface area contributed by atoms with Crippen LogP contribution in [0.2, 0.25) is 0 Å². The molecule has 0 heterocycles. The molecule has 0 aromatic heterocycles. The Labute approximate surface area is 124 Å². The Morgan fingerprint density at radius 2 is 2.05 bits per heavy atom. The van der Waals surface area contributed by atoms with Crippen LogP contribution in [0.5, 0.6) is 0 Å². The second-order valence-electron chi connectivity index (χ2n) is 5.56. The molecule has 7 heteroatoms. The fraction of sp³-hybridized carbons (Fsp3) is 0.500. The van der Waals surface area contributed by atoms with Crippen LogP contribution in [-0.4, -0.2) is 37.0 Å². The van der Waals surface area contributed by atoms with Gasteiger partial charge in [-0.15, -0.1) is 0 Å². The minimum Gasteiger partial charge on any atom is -0.399 e. The Kier molecular flexibility index (Phi) is 4.23. The maximum absolute atomic E-state index is 12.6. The van der Waals surface area contributed by atoms with Crippen molar-refractivity contribution in [3.8, 4) is 6.07 Å². The minimum atomic E-state index is -3.83. The standard InChI is InChI=1S/C14H19N3O3S/c1-17(10-14(18)6-2-3-7-14)21(19,20)13-5-4-12(16)8-11(13)9-15/h4-5,8,18H,2-3,6-7,10,16H2,1H3. The molecule has 0 unspecified atom stereocenters. The number of nitrogens with two attached hydrogens (primary N) is 1. The van der Waals surface area contributed by atoms with Gasteiger partial charge in [-0.05, 0) is 31.0 Å². The van der Waals surface area contributed by atoms with E-state index in [1.54, 1.807) is 0 Å². The first kappa shape index (κ1) is 15.8. The lowest BCUT2D eigenvalue weighted by molar-refractivity contribution is 0.0333. The maximum atomic E-state index is 12.6. The molecule has 1 aromatic carbocycles. The Morgan fingerprint density at radius 3 is 2.62 bits per heavy atom. The molecule has 6 nitrogen and oxygen atoms in total. The van der Waals surface area contributed by atoms with Crippen LogP contribution in [0.25, 0.3) is 0 Å². The molecule has 0 atom stereocenters. The van der Waals surface area contributed by atoms with Gasteiger partial charge in [-0.3, -0.25) is 0 Å². The summed E-state index contributed by atoms with van der Waals surface area (Å²) in [6.07, 6.45) is 2.99. The van der Waals surface area contributed by atoms with Gasteiger partial charge in [0.2, 0.25) is 10.0 Å². The number of nitrogens with zero attached hydrogens (tertiary/aromatic N) is 2. The summed E-state index contributed by atoms with van der Waals surface area (Å²) < 4.78 is 26.3. The van der Waals surface area contributed by atoms with Gasteiger partial charge in [-0.1, -0.05) is 12.8 Å². The normalized spacial score (nSPS) is 17.8. The highest BCUT2D eigenvalue weighted by Gasteiger charge is 2.36. The molecule has 114 valence electrons. The highest BCUT2D eigenvalue weighted by molar-refractivity contribution is 7.89. The number of anilines is 1. The van der Waals surface area contributed by atoms with Crippen LogP contribution in [0.15, 0.2) is 23.1 Å². The molecule has 0 amide bonds. The molecular formula is C14H19N3O3S. The Balaban J connectivity index is 2.31. The van der Waals surface area contributed by atoms with Crippen LogP contribution in [-0.2, 0) is 10.0 Å². The summed E-state index contributed by atoms with van der Waals surface area (Å²) in [5.74, 6) is 0. The van der Waals surface area contributed by atoms with Gasteiger partial charge in [0.25, 0.3) is 0 Å². The van der Waals surface area contributed by atoms with Gasteiger partial charge in [-0.2, -0.15) is 9.57 Å². The van der Waals surface area contributed by atoms with Crippen LogP contribution < -0.4 is 5.73 Å². The topological polar surface area (TPSA) is 107 Å². The van der Waals surface area contributed by atoms with Crippen molar-refractivity contribution in [2.24, 2.45) is 0 Å². The number of benzene rings is 1. The number of hydrogen-bond acceptors (Lipinski definition) is 5. The number of nitrogen functional groups attached to an aromatic ring is 1. The van der Waals surface area contributed by atoms with E-state index >= 15 is 0 Å². The number of hydrogen-bond donors (Lipinski definition) is 2. The number of nitriles is 1. The van der Waals surface area contributed by atoms with Crippen molar-refractivity contribution in [3.05, 3.63) is 23.8 Å². The van der Waals surface area contributed by atoms with Crippen molar-refractivity contribution in [3.63, 3.8) is 0 Å².